The third-order valence-electron chi connectivity index (χ3n) is 4.82. The molecule has 0 heterocycles. The molecule has 1 N–H and O–H groups in total. The second-order valence-electron chi connectivity index (χ2n) is 6.17. The van der Waals surface area contributed by atoms with Crippen LogP contribution in [0.2, 0.25) is 0 Å². The first kappa shape index (κ1) is 16.8. The number of nitrogens with one attached hydrogen (secondary N) is 1. The average Bonchev–Trinajstić information content (AvgIpc) is 2.44. The first-order valence-corrected chi connectivity index (χ1v) is 8.35. The number of hydrogen-bond donors (Lipinski definition) is 1. The van der Waals surface area contributed by atoms with Crippen molar-refractivity contribution < 1.29 is 9.53 Å². The van der Waals surface area contributed by atoms with Crippen molar-refractivity contribution in [2.75, 3.05) is 19.9 Å². The van der Waals surface area contributed by atoms with E-state index in [4.69, 9.17) is 4.74 Å². The fourth-order valence-electron chi connectivity index (χ4n) is 2.88. The highest BCUT2D eigenvalue weighted by Gasteiger charge is 2.37. The van der Waals surface area contributed by atoms with Gasteiger partial charge in [0.05, 0.1) is 12.9 Å². The zero-order valence-electron chi connectivity index (χ0n) is 13.0. The summed E-state index contributed by atoms with van der Waals surface area (Å²) in [6, 6.07) is 0.526. The molecule has 0 spiro atoms. The predicted molar refractivity (Wildman–Crippen MR) is 82.5 cm³/mol. The van der Waals surface area contributed by atoms with Gasteiger partial charge in [0, 0.05) is 11.3 Å². The van der Waals surface area contributed by atoms with Gasteiger partial charge < -0.3 is 10.1 Å². The maximum absolute atomic E-state index is 11.3. The fraction of sp³-hybridized carbons (Fsp3) is 0.933. The number of carbonyl (C=O) groups excluding carboxylic acids is 1. The van der Waals surface area contributed by atoms with Crippen molar-refractivity contribution in [2.45, 2.75) is 57.7 Å². The van der Waals surface area contributed by atoms with Gasteiger partial charge in [-0.05, 0) is 37.6 Å². The Bertz CT molecular complexity index is 294. The van der Waals surface area contributed by atoms with Crippen LogP contribution in [-0.4, -0.2) is 37.2 Å². The first-order valence-electron chi connectivity index (χ1n) is 7.30. The quantitative estimate of drug-likeness (QED) is 0.762. The molecule has 1 fully saturated rings. The third-order valence-corrected chi connectivity index (χ3v) is 6.17. The Balaban J connectivity index is 2.60. The van der Waals surface area contributed by atoms with Gasteiger partial charge in [-0.25, -0.2) is 0 Å². The van der Waals surface area contributed by atoms with Gasteiger partial charge in [0.25, 0.3) is 0 Å². The van der Waals surface area contributed by atoms with Gasteiger partial charge in [0.15, 0.2) is 0 Å². The number of ether oxygens (including phenoxy) is 1. The number of hydrogen-bond acceptors (Lipinski definition) is 4. The molecule has 19 heavy (non-hydrogen) atoms. The van der Waals surface area contributed by atoms with Crippen molar-refractivity contribution in [1.29, 1.82) is 0 Å². The molecular weight excluding hydrogens is 258 g/mol. The molecule has 0 aromatic rings. The van der Waals surface area contributed by atoms with E-state index in [1.54, 1.807) is 11.8 Å². The molecule has 3 unspecified atom stereocenters. The summed E-state index contributed by atoms with van der Waals surface area (Å²) in [6.07, 6.45) is 4.93. The van der Waals surface area contributed by atoms with Crippen molar-refractivity contribution in [3.05, 3.63) is 0 Å². The van der Waals surface area contributed by atoms with E-state index in [-0.39, 0.29) is 5.97 Å². The number of rotatable bonds is 6. The number of esters is 1. The lowest BCUT2D eigenvalue weighted by molar-refractivity contribution is -0.137. The predicted octanol–water partition coefficient (Wildman–Crippen LogP) is 3.09. The normalized spacial score (nSPS) is 28.2. The smallest absolute Gasteiger partial charge is 0.315 e. The van der Waals surface area contributed by atoms with Crippen LogP contribution in [0.4, 0.5) is 0 Å². The number of carbonyl (C=O) groups is 1. The molecule has 0 aromatic heterocycles. The lowest BCUT2D eigenvalue weighted by Crippen LogP contribution is -2.44. The molecule has 1 saturated carbocycles. The van der Waals surface area contributed by atoms with Crippen LogP contribution in [0.25, 0.3) is 0 Å². The molecular formula is C15H29NO2S. The molecule has 0 radical (unpaired) electrons. The van der Waals surface area contributed by atoms with E-state index in [0.29, 0.717) is 22.5 Å². The summed E-state index contributed by atoms with van der Waals surface area (Å²) in [7, 11) is 3.49. The summed E-state index contributed by atoms with van der Waals surface area (Å²) < 4.78 is 4.75. The van der Waals surface area contributed by atoms with Crippen molar-refractivity contribution in [1.82, 2.24) is 5.32 Å². The van der Waals surface area contributed by atoms with E-state index in [0.717, 1.165) is 5.92 Å². The fourth-order valence-corrected chi connectivity index (χ4v) is 4.22. The van der Waals surface area contributed by atoms with E-state index in [9.17, 15) is 4.79 Å². The van der Waals surface area contributed by atoms with Crippen LogP contribution in [0.1, 0.15) is 46.5 Å². The maximum Gasteiger partial charge on any atom is 0.315 e. The van der Waals surface area contributed by atoms with E-state index in [1.165, 1.54) is 32.8 Å². The molecule has 0 aliphatic heterocycles. The minimum Gasteiger partial charge on any atom is -0.468 e. The molecule has 1 aliphatic rings. The Morgan fingerprint density at radius 3 is 2.63 bits per heavy atom. The Labute approximate surface area is 122 Å². The van der Waals surface area contributed by atoms with Gasteiger partial charge in [0.2, 0.25) is 0 Å². The molecule has 4 heteroatoms. The van der Waals surface area contributed by atoms with Crippen molar-refractivity contribution >= 4 is 17.7 Å². The molecule has 0 bridgehead atoms. The summed E-state index contributed by atoms with van der Waals surface area (Å²) >= 11 is 1.76. The van der Waals surface area contributed by atoms with Crippen molar-refractivity contribution in [2.24, 2.45) is 11.3 Å². The largest absolute Gasteiger partial charge is 0.468 e. The Hall–Kier alpha value is -0.220. The second-order valence-corrected chi connectivity index (χ2v) is 7.40. The molecule has 0 amide bonds. The average molecular weight is 287 g/mol. The van der Waals surface area contributed by atoms with Crippen LogP contribution < -0.4 is 5.32 Å². The summed E-state index contributed by atoms with van der Waals surface area (Å²) in [5.74, 6) is 1.12. The van der Waals surface area contributed by atoms with Gasteiger partial charge in [-0.15, -0.1) is 11.8 Å². The molecule has 0 saturated heterocycles. The first-order chi connectivity index (χ1) is 8.94. The summed E-state index contributed by atoms with van der Waals surface area (Å²) in [5, 5.41) is 3.93. The Kier molecular flexibility index (Phi) is 6.67. The molecule has 3 nitrogen and oxygen atoms in total. The van der Waals surface area contributed by atoms with Crippen LogP contribution in [0.15, 0.2) is 0 Å². The molecule has 1 rings (SSSR count). The van der Waals surface area contributed by atoms with Gasteiger partial charge in [-0.2, -0.15) is 0 Å². The van der Waals surface area contributed by atoms with Crippen LogP contribution in [0.5, 0.6) is 0 Å². The highest BCUT2D eigenvalue weighted by atomic mass is 32.2. The second kappa shape index (κ2) is 7.53. The van der Waals surface area contributed by atoms with E-state index < -0.39 is 0 Å². The number of thioether (sulfide) groups is 1. The van der Waals surface area contributed by atoms with Crippen molar-refractivity contribution in [3.63, 3.8) is 0 Å². The lowest BCUT2D eigenvalue weighted by atomic mass is 9.68. The minimum absolute atomic E-state index is 0.114. The maximum atomic E-state index is 11.3. The van der Waals surface area contributed by atoms with Crippen LogP contribution >= 0.6 is 11.8 Å². The highest BCUT2D eigenvalue weighted by Crippen LogP contribution is 2.43. The van der Waals surface area contributed by atoms with Crippen LogP contribution in [-0.2, 0) is 9.53 Å². The van der Waals surface area contributed by atoms with Crippen molar-refractivity contribution in [3.8, 4) is 0 Å². The van der Waals surface area contributed by atoms with Gasteiger partial charge >= 0.3 is 5.97 Å². The molecule has 112 valence electrons. The monoisotopic (exact) mass is 287 g/mol. The lowest BCUT2D eigenvalue weighted by Gasteiger charge is -2.42. The van der Waals surface area contributed by atoms with Gasteiger partial charge in [0.1, 0.15) is 0 Å². The van der Waals surface area contributed by atoms with Gasteiger partial charge in [-0.1, -0.05) is 27.2 Å². The Morgan fingerprint density at radius 2 is 2.11 bits per heavy atom. The standard InChI is InChI=1S/C15H29NO2S/c1-6-15(2,3)11-7-8-12(16-4)13(9-11)19-10-14(17)18-5/h11-13,16H,6-10H2,1-5H3. The van der Waals surface area contributed by atoms with Crippen LogP contribution in [0, 0.1) is 11.3 Å². The van der Waals surface area contributed by atoms with E-state index in [2.05, 4.69) is 26.1 Å². The van der Waals surface area contributed by atoms with Gasteiger partial charge in [-0.3, -0.25) is 4.79 Å². The van der Waals surface area contributed by atoms with E-state index in [1.807, 2.05) is 7.05 Å². The summed E-state index contributed by atoms with van der Waals surface area (Å²) in [6.45, 7) is 7.03. The Morgan fingerprint density at radius 1 is 1.42 bits per heavy atom. The third kappa shape index (κ3) is 4.67. The summed E-state index contributed by atoms with van der Waals surface area (Å²) in [5.41, 5.74) is 0.406. The molecule has 0 aromatic carbocycles. The van der Waals surface area contributed by atoms with Crippen LogP contribution in [0.3, 0.4) is 0 Å². The summed E-state index contributed by atoms with van der Waals surface area (Å²) in [4.78, 5) is 11.3. The zero-order chi connectivity index (χ0) is 14.5. The molecule has 1 aliphatic carbocycles. The zero-order valence-corrected chi connectivity index (χ0v) is 13.8. The SMILES string of the molecule is CCC(C)(C)C1CCC(NC)C(SCC(=O)OC)C1. The van der Waals surface area contributed by atoms with E-state index >= 15 is 0 Å². The highest BCUT2D eigenvalue weighted by molar-refractivity contribution is 8.00. The number of methoxy groups -OCH3 is 1. The topological polar surface area (TPSA) is 38.3 Å². The molecule has 3 atom stereocenters. The minimum atomic E-state index is -0.114.